The molecule has 42 heteroatoms. The van der Waals surface area contributed by atoms with Crippen LogP contribution in [0.4, 0.5) is 176 Å². The number of aryl methyl sites for hydroxylation is 4. The molecule has 10 rings (SSSR count). The fourth-order valence-electron chi connectivity index (χ4n) is 14.2. The molecule has 0 saturated carbocycles. The largest absolute Gasteiger partial charge is 0.458 e. The molecule has 0 aliphatic heterocycles. The van der Waals surface area contributed by atoms with Crippen molar-refractivity contribution in [1.29, 1.82) is 0 Å². The Kier molecular flexibility index (Phi) is 26.0. The summed E-state index contributed by atoms with van der Waals surface area (Å²) in [5, 5.41) is -17.5. The molecule has 115 heavy (non-hydrogen) atoms. The zero-order valence-electron chi connectivity index (χ0n) is 58.4. The van der Waals surface area contributed by atoms with Gasteiger partial charge >= 0.3 is 18.3 Å². The monoisotopic (exact) mass is 1710 g/mol. The minimum absolute atomic E-state index is 0.607. The van der Waals surface area contributed by atoms with Crippen LogP contribution < -0.4 is 27.2 Å². The van der Waals surface area contributed by atoms with E-state index >= 15 is 105 Å². The molecule has 0 amide bonds. The second-order valence-electron chi connectivity index (χ2n) is 25.5. The number of halogens is 40. The summed E-state index contributed by atoms with van der Waals surface area (Å²) in [6, 6.07) is 0. The number of hydrogen-bond acceptors (Lipinski definition) is 0. The van der Waals surface area contributed by atoms with Gasteiger partial charge in [-0.05, 0) is 82.3 Å². The van der Waals surface area contributed by atoms with Crippen LogP contribution in [-0.4, -0.2) is 25.4 Å². The Morgan fingerprint density at radius 2 is 0.496 bits per heavy atom. The second-order valence-corrected chi connectivity index (χ2v) is 25.5. The standard InChI is InChI=1S/C48H20BF24.C15F16.C10H23N/c1-5-9-13-17(29(54)41(66)25(9)50)33(58)45(70)37(62)21(13)49(22-14-10(6-2)26(51)42(67)30(55)18(14)34(59)46(71)38(22)63,23-15-11(7-3)27(52)43(68)31(56)19(15)35(60)47(72)39(23)64)24-16-12(8-4)28(53)44(69)32(57)20(16)36(61)48(73)40(24)65;16-5-2(6(17)10(21)12(23)9(5)20)1-3(13(24,25)15(29,30)31)7(18)11(22)8(19)4(1)14(26,27)28;1-4-6-8-11-9-10(3)7-5-2/h5-8H2,1-4H3;;10-11H,4-9H2,1-3H3/q-1;;/p+1. The van der Waals surface area contributed by atoms with Crippen LogP contribution in [0.25, 0.3) is 54.2 Å². The average molecular weight is 1710 g/mol. The molecule has 0 saturated heterocycles. The molecule has 2 N–H and O–H groups in total. The van der Waals surface area contributed by atoms with Crippen molar-refractivity contribution in [3.8, 4) is 11.1 Å². The number of benzene rings is 10. The van der Waals surface area contributed by atoms with Gasteiger partial charge in [0.1, 0.15) is 35.0 Å². The van der Waals surface area contributed by atoms with E-state index in [0.29, 0.717) is 27.7 Å². The number of quaternary nitrogens is 1. The highest BCUT2D eigenvalue weighted by Crippen LogP contribution is 2.54. The van der Waals surface area contributed by atoms with E-state index in [1.165, 1.54) is 38.8 Å². The van der Waals surface area contributed by atoms with Gasteiger partial charge in [0.05, 0.1) is 45.8 Å². The van der Waals surface area contributed by atoms with E-state index in [9.17, 15) is 70.2 Å². The number of hydrogen-bond donors (Lipinski definition) is 1. The second kappa shape index (κ2) is 32.9. The molecule has 1 unspecified atom stereocenters. The minimum atomic E-state index is -7.12. The van der Waals surface area contributed by atoms with E-state index in [4.69, 9.17) is 0 Å². The lowest BCUT2D eigenvalue weighted by molar-refractivity contribution is -0.660. The summed E-state index contributed by atoms with van der Waals surface area (Å²) < 4.78 is 612. The smallest absolute Gasteiger partial charge is 0.346 e. The highest BCUT2D eigenvalue weighted by atomic mass is 19.4. The molecule has 10 aromatic carbocycles. The first-order valence-corrected chi connectivity index (χ1v) is 33.1. The summed E-state index contributed by atoms with van der Waals surface area (Å²) in [7, 11) is 0. The van der Waals surface area contributed by atoms with Gasteiger partial charge in [0.15, 0.2) is 157 Å². The van der Waals surface area contributed by atoms with Crippen LogP contribution in [0.15, 0.2) is 0 Å². The normalized spacial score (nSPS) is 12.7. The van der Waals surface area contributed by atoms with Gasteiger partial charge in [0.25, 0.3) is 0 Å². The predicted molar refractivity (Wildman–Crippen MR) is 334 cm³/mol. The highest BCUT2D eigenvalue weighted by molar-refractivity contribution is 7.23. The Hall–Kier alpha value is -9.54. The summed E-state index contributed by atoms with van der Waals surface area (Å²) >= 11 is 0. The Balaban J connectivity index is 0.000000323. The number of nitrogens with two attached hydrogens (primary N) is 1. The lowest BCUT2D eigenvalue weighted by Crippen LogP contribution is -2.85. The fraction of sp³-hybridized carbons (Fsp3) is 0.288. The van der Waals surface area contributed by atoms with Crippen molar-refractivity contribution in [2.75, 3.05) is 13.1 Å². The van der Waals surface area contributed by atoms with Crippen molar-refractivity contribution in [3.05, 3.63) is 220 Å². The lowest BCUT2D eigenvalue weighted by Gasteiger charge is -2.48. The summed E-state index contributed by atoms with van der Waals surface area (Å²) in [6.07, 6.45) is -21.2. The molecule has 1 nitrogen and oxygen atoms in total. The molecular weight excluding hydrogens is 1660 g/mol. The van der Waals surface area contributed by atoms with Crippen molar-refractivity contribution in [1.82, 2.24) is 0 Å². The summed E-state index contributed by atoms with van der Waals surface area (Å²) in [5.74, 6) is -108. The van der Waals surface area contributed by atoms with Gasteiger partial charge in [-0.2, -0.15) is 35.1 Å². The third-order valence-corrected chi connectivity index (χ3v) is 19.1. The Morgan fingerprint density at radius 1 is 0.261 bits per heavy atom. The Labute approximate surface area is 618 Å². The van der Waals surface area contributed by atoms with E-state index in [0.717, 1.165) is 5.92 Å². The van der Waals surface area contributed by atoms with Gasteiger partial charge in [-0.1, -0.05) is 61.3 Å². The predicted octanol–water partition coefficient (Wildman–Crippen LogP) is 22.2. The van der Waals surface area contributed by atoms with E-state index in [1.54, 1.807) is 0 Å². The first kappa shape index (κ1) is 91.0. The molecule has 0 aromatic heterocycles. The molecule has 0 aliphatic rings. The number of alkyl halides is 8. The van der Waals surface area contributed by atoms with Gasteiger partial charge < -0.3 is 5.32 Å². The van der Waals surface area contributed by atoms with E-state index in [1.807, 2.05) is 0 Å². The lowest BCUT2D eigenvalue weighted by atomic mass is 9.11. The molecule has 0 fully saturated rings. The van der Waals surface area contributed by atoms with Gasteiger partial charge in [0.2, 0.25) is 5.82 Å². The number of rotatable bonds is 17. The van der Waals surface area contributed by atoms with Crippen LogP contribution in [0.1, 0.15) is 108 Å². The summed E-state index contributed by atoms with van der Waals surface area (Å²) in [4.78, 5) is 0. The molecule has 624 valence electrons. The Morgan fingerprint density at radius 3 is 0.730 bits per heavy atom. The van der Waals surface area contributed by atoms with Crippen molar-refractivity contribution in [2.24, 2.45) is 5.92 Å². The number of unbranched alkanes of at least 4 members (excludes halogenated alkanes) is 1. The maximum Gasteiger partial charge on any atom is 0.458 e. The minimum Gasteiger partial charge on any atom is -0.346 e. The summed E-state index contributed by atoms with van der Waals surface area (Å²) in [6.45, 7) is 12.0. The fourth-order valence-corrected chi connectivity index (χ4v) is 14.2. The van der Waals surface area contributed by atoms with Crippen LogP contribution in [0.5, 0.6) is 0 Å². The van der Waals surface area contributed by atoms with Crippen molar-refractivity contribution >= 4 is 71.1 Å². The molecule has 0 bridgehead atoms. The third-order valence-electron chi connectivity index (χ3n) is 19.1. The van der Waals surface area contributed by atoms with Gasteiger partial charge in [-0.3, -0.25) is 0 Å². The van der Waals surface area contributed by atoms with Gasteiger partial charge in [-0.25, -0.2) is 140 Å². The molecule has 10 aromatic rings. The molecule has 0 heterocycles. The van der Waals surface area contributed by atoms with Crippen LogP contribution in [0.3, 0.4) is 0 Å². The highest BCUT2D eigenvalue weighted by Gasteiger charge is 2.64. The molecule has 1 atom stereocenters. The van der Waals surface area contributed by atoms with Crippen LogP contribution in [-0.2, 0) is 37.8 Å². The van der Waals surface area contributed by atoms with Crippen molar-refractivity contribution < 1.29 is 181 Å². The van der Waals surface area contributed by atoms with Gasteiger partial charge in [-0.15, -0.1) is 21.9 Å². The SMILES string of the molecule is CCCC[NH2+]CC(C)CCC.CCc1c(F)c(F)c(F)c2c(F)c(F)c(F)c([B-](c3c(F)c(F)c(F)c4c(F)c(F)c(F)c(CC)c34)(c3c(F)c(F)c(F)c4c(F)c(F)c(F)c(CC)c34)c3c(F)c(F)c(F)c4c(F)c(F)c(F)c(CC)c34)c12.Fc1c(F)c(F)c(-c2c(C(F)(F)F)c(F)c(F)c(F)c2C(F)(F)C(F)(F)F)c(F)c1F. The third kappa shape index (κ3) is 13.9. The van der Waals surface area contributed by atoms with Gasteiger partial charge in [0, 0.05) is 11.5 Å². The zero-order valence-corrected chi connectivity index (χ0v) is 58.4. The quantitative estimate of drug-likeness (QED) is 0.0308. The van der Waals surface area contributed by atoms with Crippen LogP contribution in [0, 0.1) is 192 Å². The molecule has 0 aliphatic carbocycles. The topological polar surface area (TPSA) is 16.6 Å². The zero-order chi connectivity index (χ0) is 87.4. The van der Waals surface area contributed by atoms with E-state index in [-0.39, 0.29) is 0 Å². The first-order chi connectivity index (χ1) is 53.2. The van der Waals surface area contributed by atoms with Crippen molar-refractivity contribution in [2.45, 2.75) is 118 Å². The van der Waals surface area contributed by atoms with Crippen LogP contribution >= 0.6 is 0 Å². The molecule has 0 radical (unpaired) electrons. The van der Waals surface area contributed by atoms with E-state index in [2.05, 4.69) is 26.1 Å². The average Bonchev–Trinajstić information content (AvgIpc) is 0.659. The maximum atomic E-state index is 18.1. The van der Waals surface area contributed by atoms with Crippen molar-refractivity contribution in [3.63, 3.8) is 0 Å². The van der Waals surface area contributed by atoms with Crippen LogP contribution in [0.2, 0.25) is 0 Å². The van der Waals surface area contributed by atoms with E-state index < -0.39 is 346 Å². The Bertz CT molecular complexity index is 5110. The maximum absolute atomic E-state index is 18.1. The summed E-state index contributed by atoms with van der Waals surface area (Å²) in [5.41, 5.74) is -33.7. The number of fused-ring (bicyclic) bond motifs is 4. The molecular formula is C73H44BF40N. The first-order valence-electron chi connectivity index (χ1n) is 33.1. The molecule has 0 spiro atoms.